The zero-order chi connectivity index (χ0) is 70.7. The first-order valence-corrected chi connectivity index (χ1v) is 34.1. The first-order valence-electron chi connectivity index (χ1n) is 34.1. The third-order valence-electron chi connectivity index (χ3n) is 20.4. The van der Waals surface area contributed by atoms with Gasteiger partial charge in [-0.05, 0) is 161 Å². The molecule has 0 saturated carbocycles. The molecule has 6 aromatic carbocycles. The lowest BCUT2D eigenvalue weighted by Crippen LogP contribution is -2.50. The molecule has 102 heavy (non-hydrogen) atoms. The highest BCUT2D eigenvalue weighted by Crippen LogP contribution is 2.49. The molecule has 3 aliphatic heterocycles. The number of para-hydroxylation sites is 1. The van der Waals surface area contributed by atoms with Gasteiger partial charge in [0.25, 0.3) is 11.8 Å². The number of carboxylic acid groups (broad SMARTS) is 1. The van der Waals surface area contributed by atoms with Crippen LogP contribution in [0.1, 0.15) is 118 Å². The normalized spacial score (nSPS) is 17.6. The van der Waals surface area contributed by atoms with E-state index in [1.165, 1.54) is 29.2 Å². The highest BCUT2D eigenvalue weighted by Gasteiger charge is 2.50. The summed E-state index contributed by atoms with van der Waals surface area (Å²) in [7, 11) is 7.37. The number of rotatable bonds is 27. The first kappa shape index (κ1) is 81.9. The Balaban J connectivity index is 0.00000486. The number of likely N-dealkylation sites (tertiary alicyclic amines) is 2. The van der Waals surface area contributed by atoms with Crippen LogP contribution in [0, 0.1) is 5.82 Å². The second-order valence-corrected chi connectivity index (χ2v) is 27.0. The van der Waals surface area contributed by atoms with Gasteiger partial charge in [0, 0.05) is 108 Å². The van der Waals surface area contributed by atoms with Crippen LogP contribution in [-0.2, 0) is 55.4 Å². The Labute approximate surface area is 611 Å². The average Bonchev–Trinajstić information content (AvgIpc) is 1.56. The minimum Gasteiger partial charge on any atom is -0.465 e. The summed E-state index contributed by atoms with van der Waals surface area (Å²) in [5.74, 6) is -1.81. The number of carbonyl (C=O) groups excluding carboxylic acids is 4. The summed E-state index contributed by atoms with van der Waals surface area (Å²) in [6.45, 7) is 5.94. The van der Waals surface area contributed by atoms with E-state index in [1.807, 2.05) is 105 Å². The molecule has 26 heteroatoms. The third kappa shape index (κ3) is 20.3. The fourth-order valence-corrected chi connectivity index (χ4v) is 14.6. The maximum absolute atomic E-state index is 14.3. The van der Waals surface area contributed by atoms with Gasteiger partial charge in [-0.15, -0.1) is 37.2 Å². The van der Waals surface area contributed by atoms with Gasteiger partial charge in [-0.1, -0.05) is 103 Å². The number of carbonyl (C=O) groups is 5. The van der Waals surface area contributed by atoms with Crippen LogP contribution in [0.3, 0.4) is 0 Å². The van der Waals surface area contributed by atoms with Gasteiger partial charge in [-0.25, -0.2) is 9.18 Å². The van der Waals surface area contributed by atoms with Crippen LogP contribution in [0.15, 0.2) is 146 Å². The SMILES string of the molecule is CN(CCCCCC(=O)N(C)CCN1CCC(N(C(=O)O)c2ccccc2-c2ccccc2)CC1)Cc1cccc(C(=O)N(C)CCCN(C)C(=O)CO[C@H]2Cc3ccccc3C23CCN(CC[C@@]2(c4ccc(F)cc4)CN(C(=O)c4cc(C(F)(F)F)cc(C(F)(F)F)c4)CO2)CC3)c1.Cl.Cl.Cl. The van der Waals surface area contributed by atoms with Crippen molar-refractivity contribution in [2.45, 2.75) is 113 Å². The summed E-state index contributed by atoms with van der Waals surface area (Å²) in [5.41, 5.74) is 1.24. The van der Waals surface area contributed by atoms with Crippen LogP contribution in [0.25, 0.3) is 11.1 Å². The topological polar surface area (TPSA) is 150 Å². The Morgan fingerprint density at radius 1 is 0.627 bits per heavy atom. The number of benzene rings is 6. The molecule has 3 saturated heterocycles. The van der Waals surface area contributed by atoms with Gasteiger partial charge in [0.1, 0.15) is 24.8 Å². The molecule has 554 valence electrons. The van der Waals surface area contributed by atoms with Crippen molar-refractivity contribution in [2.75, 3.05) is 118 Å². The molecule has 6 aromatic rings. The molecule has 3 heterocycles. The summed E-state index contributed by atoms with van der Waals surface area (Å²) in [6, 6.07) is 39.4. The van der Waals surface area contributed by atoms with Gasteiger partial charge in [0.2, 0.25) is 11.8 Å². The number of halogens is 10. The van der Waals surface area contributed by atoms with E-state index in [0.717, 1.165) is 78.2 Å². The predicted molar refractivity (Wildman–Crippen MR) is 385 cm³/mol. The quantitative estimate of drug-likeness (QED) is 0.0388. The number of unbranched alkanes of at least 4 members (excludes halogenated alkanes) is 2. The standard InChI is InChI=1S/C76H89F7N8O8.3ClH/c1-84(35-14-6-9-25-68(92)86(3)43-44-88-38-30-63(31-39-88)91(72(96)97)66-24-13-11-22-64(66)55-18-7-5-8-19-55)50-54-17-15-21-57(45-54)70(94)87(4)37-16-36-85(2)69(93)51-98-67-48-56-20-10-12-23-65(56)73(67)32-40-89(41-33-73)42-34-74(59-26-28-62(77)29-27-59)52-90(53-99-74)71(95)58-46-60(75(78,79)80)49-61(47-58)76(81,82)83;;;/h5,7-8,10-13,15,17-24,26-29,45-47,49,63,67H,6,9,14,16,25,30-44,48,50-53H2,1-4H3,(H,96,97);3*1H/t67-,74-;;;/m0.../s1. The molecule has 2 atom stereocenters. The summed E-state index contributed by atoms with van der Waals surface area (Å²) in [5, 5.41) is 10.4. The second kappa shape index (κ2) is 36.4. The number of alkyl halides is 6. The predicted octanol–water partition coefficient (Wildman–Crippen LogP) is 14.2. The minimum atomic E-state index is -5.15. The number of piperidine rings is 2. The molecular formula is C76H92Cl3F7N8O8. The number of hydrogen-bond acceptors (Lipinski definition) is 10. The van der Waals surface area contributed by atoms with Crippen molar-refractivity contribution < 1.29 is 69.3 Å². The number of anilines is 1. The lowest BCUT2D eigenvalue weighted by atomic mass is 9.72. The van der Waals surface area contributed by atoms with Crippen LogP contribution >= 0.6 is 37.2 Å². The molecule has 0 unspecified atom stereocenters. The Morgan fingerprint density at radius 3 is 1.93 bits per heavy atom. The molecule has 0 radical (unpaired) electrons. The Hall–Kier alpha value is -7.35. The summed E-state index contributed by atoms with van der Waals surface area (Å²) in [6.07, 6.45) is -4.36. The average molecular weight is 1480 g/mol. The zero-order valence-electron chi connectivity index (χ0n) is 57.9. The van der Waals surface area contributed by atoms with Crippen LogP contribution in [0.5, 0.6) is 0 Å². The fraction of sp³-hybridized carbons (Fsp3) is 0.461. The van der Waals surface area contributed by atoms with E-state index < -0.39 is 64.6 Å². The molecule has 16 nitrogen and oxygen atoms in total. The number of amides is 5. The smallest absolute Gasteiger partial charge is 0.416 e. The van der Waals surface area contributed by atoms with E-state index >= 15 is 0 Å². The third-order valence-corrected chi connectivity index (χ3v) is 20.4. The van der Waals surface area contributed by atoms with Crippen molar-refractivity contribution in [1.82, 2.24) is 34.3 Å². The van der Waals surface area contributed by atoms with E-state index in [4.69, 9.17) is 9.47 Å². The summed E-state index contributed by atoms with van der Waals surface area (Å²) in [4.78, 5) is 81.5. The van der Waals surface area contributed by atoms with Crippen molar-refractivity contribution in [3.8, 4) is 11.1 Å². The molecule has 5 amide bonds. The maximum Gasteiger partial charge on any atom is 0.416 e. The van der Waals surface area contributed by atoms with Gasteiger partial charge in [-0.2, -0.15) is 26.3 Å². The maximum atomic E-state index is 14.3. The number of ether oxygens (including phenoxy) is 2. The highest BCUT2D eigenvalue weighted by molar-refractivity contribution is 5.96. The lowest BCUT2D eigenvalue weighted by molar-refractivity contribution is -0.143. The number of nitrogens with zero attached hydrogens (tertiary/aromatic N) is 8. The lowest BCUT2D eigenvalue weighted by Gasteiger charge is -2.44. The van der Waals surface area contributed by atoms with Crippen molar-refractivity contribution in [2.24, 2.45) is 0 Å². The Bertz CT molecular complexity index is 3740. The van der Waals surface area contributed by atoms with Gasteiger partial charge in [0.15, 0.2) is 0 Å². The number of fused-ring (bicyclic) bond motifs is 2. The van der Waals surface area contributed by atoms with Crippen molar-refractivity contribution in [1.29, 1.82) is 0 Å². The van der Waals surface area contributed by atoms with Crippen LogP contribution in [0.4, 0.5) is 41.2 Å². The van der Waals surface area contributed by atoms with Gasteiger partial charge >= 0.3 is 18.4 Å². The Morgan fingerprint density at radius 2 is 1.25 bits per heavy atom. The van der Waals surface area contributed by atoms with Crippen LogP contribution in [-0.4, -0.2) is 195 Å². The van der Waals surface area contributed by atoms with Crippen molar-refractivity contribution >= 4 is 72.6 Å². The Kier molecular flexibility index (Phi) is 29.2. The van der Waals surface area contributed by atoms with Crippen molar-refractivity contribution in [3.05, 3.63) is 196 Å². The molecule has 3 fully saturated rings. The monoisotopic (exact) mass is 1480 g/mol. The van der Waals surface area contributed by atoms with Gasteiger partial charge in [0.05, 0.1) is 29.5 Å². The van der Waals surface area contributed by atoms with Crippen molar-refractivity contribution in [3.63, 3.8) is 0 Å². The van der Waals surface area contributed by atoms with E-state index in [2.05, 4.69) is 26.8 Å². The highest BCUT2D eigenvalue weighted by atomic mass is 35.5. The van der Waals surface area contributed by atoms with E-state index in [0.29, 0.717) is 120 Å². The molecule has 4 aliphatic rings. The first-order chi connectivity index (χ1) is 47.3. The van der Waals surface area contributed by atoms with Crippen LogP contribution in [0.2, 0.25) is 0 Å². The molecular weight excluding hydrogens is 1390 g/mol. The van der Waals surface area contributed by atoms with E-state index in [1.54, 1.807) is 28.8 Å². The molecule has 1 aliphatic carbocycles. The minimum absolute atomic E-state index is 0. The summed E-state index contributed by atoms with van der Waals surface area (Å²) >= 11 is 0. The largest absolute Gasteiger partial charge is 0.465 e. The molecule has 1 spiro atoms. The fourth-order valence-electron chi connectivity index (χ4n) is 14.6. The van der Waals surface area contributed by atoms with E-state index in [9.17, 15) is 59.8 Å². The van der Waals surface area contributed by atoms with Gasteiger partial charge < -0.3 is 48.9 Å². The molecule has 1 N–H and O–H groups in total. The molecule has 0 bridgehead atoms. The van der Waals surface area contributed by atoms with E-state index in [-0.39, 0.29) is 92.7 Å². The number of likely N-dealkylation sites (N-methyl/N-ethyl adjacent to an activating group) is 2. The summed E-state index contributed by atoms with van der Waals surface area (Å²) < 4.78 is 110. The second-order valence-electron chi connectivity index (χ2n) is 27.0. The zero-order valence-corrected chi connectivity index (χ0v) is 60.4. The molecule has 0 aromatic heterocycles. The van der Waals surface area contributed by atoms with Gasteiger partial charge in [-0.3, -0.25) is 24.1 Å². The van der Waals surface area contributed by atoms with Crippen LogP contribution < -0.4 is 4.90 Å². The molecule has 10 rings (SSSR count). The number of hydrogen-bond donors (Lipinski definition) is 1.